The van der Waals surface area contributed by atoms with Gasteiger partial charge in [0.2, 0.25) is 5.91 Å². The summed E-state index contributed by atoms with van der Waals surface area (Å²) in [7, 11) is 1.98. The van der Waals surface area contributed by atoms with Crippen LogP contribution in [0.3, 0.4) is 0 Å². The minimum absolute atomic E-state index is 0.0352. The molecule has 1 heterocycles. The number of hydrogen-bond acceptors (Lipinski definition) is 3. The average Bonchev–Trinajstić information content (AvgIpc) is 2.53. The van der Waals surface area contributed by atoms with Crippen LogP contribution in [0, 0.1) is 0 Å². The molecular weight excluding hydrogens is 268 g/mol. The van der Waals surface area contributed by atoms with Crippen LogP contribution < -0.4 is 5.32 Å². The van der Waals surface area contributed by atoms with Crippen molar-refractivity contribution in [2.75, 3.05) is 20.1 Å². The second-order valence-corrected chi connectivity index (χ2v) is 6.52. The van der Waals surface area contributed by atoms with Crippen LogP contribution in [0.15, 0.2) is 35.2 Å². The predicted octanol–water partition coefficient (Wildman–Crippen LogP) is 2.77. The van der Waals surface area contributed by atoms with E-state index in [1.807, 2.05) is 30.1 Å². The lowest BCUT2D eigenvalue weighted by atomic mass is 10.1. The summed E-state index contributed by atoms with van der Waals surface area (Å²) in [5.74, 6) is 0.293. The second kappa shape index (κ2) is 7.70. The lowest BCUT2D eigenvalue weighted by molar-refractivity contribution is -0.131. The first kappa shape index (κ1) is 15.4. The second-order valence-electron chi connectivity index (χ2n) is 5.24. The number of carbonyl (C=O) groups excluding carboxylic acids is 1. The first-order valence-electron chi connectivity index (χ1n) is 7.42. The van der Waals surface area contributed by atoms with Crippen molar-refractivity contribution in [2.45, 2.75) is 42.4 Å². The zero-order valence-corrected chi connectivity index (χ0v) is 13.2. The number of nitrogens with zero attached hydrogens (tertiary/aromatic N) is 1. The van der Waals surface area contributed by atoms with Crippen molar-refractivity contribution < 1.29 is 4.79 Å². The van der Waals surface area contributed by atoms with Gasteiger partial charge in [0.1, 0.15) is 0 Å². The zero-order valence-electron chi connectivity index (χ0n) is 12.3. The van der Waals surface area contributed by atoms with Crippen LogP contribution in [-0.4, -0.2) is 42.2 Å². The average molecular weight is 292 g/mol. The minimum Gasteiger partial charge on any atom is -0.340 e. The van der Waals surface area contributed by atoms with Crippen LogP contribution in [0.4, 0.5) is 0 Å². The van der Waals surface area contributed by atoms with Crippen LogP contribution in [0.5, 0.6) is 0 Å². The summed E-state index contributed by atoms with van der Waals surface area (Å²) in [6, 6.07) is 10.7. The summed E-state index contributed by atoms with van der Waals surface area (Å²) in [4.78, 5) is 15.9. The van der Waals surface area contributed by atoms with Crippen molar-refractivity contribution in [3.05, 3.63) is 30.3 Å². The highest BCUT2D eigenvalue weighted by atomic mass is 32.2. The van der Waals surface area contributed by atoms with Crippen LogP contribution in [0.1, 0.15) is 26.2 Å². The molecule has 0 saturated carbocycles. The van der Waals surface area contributed by atoms with E-state index in [0.29, 0.717) is 11.9 Å². The Hall–Kier alpha value is -1.00. The molecule has 1 aromatic carbocycles. The Balaban J connectivity index is 1.98. The van der Waals surface area contributed by atoms with Gasteiger partial charge in [-0.1, -0.05) is 25.1 Å². The number of rotatable bonds is 5. The monoisotopic (exact) mass is 292 g/mol. The van der Waals surface area contributed by atoms with Crippen LogP contribution in [-0.2, 0) is 4.79 Å². The number of piperidine rings is 1. The molecule has 0 aromatic heterocycles. The molecule has 1 aromatic rings. The number of amides is 1. The van der Waals surface area contributed by atoms with E-state index in [1.165, 1.54) is 11.3 Å². The maximum Gasteiger partial charge on any atom is 0.236 e. The lowest BCUT2D eigenvalue weighted by Crippen LogP contribution is -2.49. The molecule has 2 rings (SSSR count). The van der Waals surface area contributed by atoms with Gasteiger partial charge in [0.15, 0.2) is 0 Å². The third-order valence-corrected chi connectivity index (χ3v) is 5.17. The topological polar surface area (TPSA) is 32.3 Å². The Morgan fingerprint density at radius 1 is 1.45 bits per heavy atom. The minimum atomic E-state index is 0.0352. The van der Waals surface area contributed by atoms with E-state index < -0.39 is 0 Å². The Morgan fingerprint density at radius 3 is 2.85 bits per heavy atom. The van der Waals surface area contributed by atoms with Crippen LogP contribution >= 0.6 is 11.8 Å². The van der Waals surface area contributed by atoms with Gasteiger partial charge >= 0.3 is 0 Å². The number of likely N-dealkylation sites (tertiary alicyclic amines) is 1. The van der Waals surface area contributed by atoms with Gasteiger partial charge in [-0.25, -0.2) is 0 Å². The number of nitrogens with one attached hydrogen (secondary N) is 1. The molecule has 1 aliphatic rings. The summed E-state index contributed by atoms with van der Waals surface area (Å²) < 4.78 is 0. The van der Waals surface area contributed by atoms with Crippen molar-refractivity contribution in [3.8, 4) is 0 Å². The molecule has 0 aliphatic carbocycles. The molecule has 3 nitrogen and oxygen atoms in total. The molecule has 0 spiro atoms. The number of likely N-dealkylation sites (N-methyl/N-ethyl adjacent to an activating group) is 1. The van der Waals surface area contributed by atoms with E-state index in [9.17, 15) is 4.79 Å². The Kier molecular flexibility index (Phi) is 5.92. The Bertz CT molecular complexity index is 424. The maximum absolute atomic E-state index is 12.7. The third-order valence-electron chi connectivity index (χ3n) is 3.81. The van der Waals surface area contributed by atoms with Gasteiger partial charge < -0.3 is 10.2 Å². The maximum atomic E-state index is 12.7. The van der Waals surface area contributed by atoms with Crippen molar-refractivity contribution >= 4 is 17.7 Å². The highest BCUT2D eigenvalue weighted by molar-refractivity contribution is 8.00. The molecule has 1 aliphatic heterocycles. The highest BCUT2D eigenvalue weighted by Gasteiger charge is 2.28. The van der Waals surface area contributed by atoms with Gasteiger partial charge in [-0.05, 0) is 38.4 Å². The van der Waals surface area contributed by atoms with E-state index in [2.05, 4.69) is 24.4 Å². The Morgan fingerprint density at radius 2 is 2.20 bits per heavy atom. The SMILES string of the molecule is CCC(Sc1ccccc1)C(=O)N1CCCC(NC)C1. The molecule has 0 radical (unpaired) electrons. The molecule has 110 valence electrons. The van der Waals surface area contributed by atoms with Gasteiger partial charge in [0.05, 0.1) is 5.25 Å². The summed E-state index contributed by atoms with van der Waals surface area (Å²) >= 11 is 1.69. The standard InChI is InChI=1S/C16H24N2OS/c1-3-15(20-14-9-5-4-6-10-14)16(19)18-11-7-8-13(12-18)17-2/h4-6,9-10,13,15,17H,3,7-8,11-12H2,1-2H3. The summed E-state index contributed by atoms with van der Waals surface area (Å²) in [5.41, 5.74) is 0. The van der Waals surface area contributed by atoms with E-state index in [4.69, 9.17) is 0 Å². The first-order chi connectivity index (χ1) is 9.74. The number of carbonyl (C=O) groups is 1. The summed E-state index contributed by atoms with van der Waals surface area (Å²) in [6.45, 7) is 3.85. The molecule has 0 bridgehead atoms. The van der Waals surface area contributed by atoms with Crippen molar-refractivity contribution in [2.24, 2.45) is 0 Å². The molecule has 1 fully saturated rings. The fourth-order valence-electron chi connectivity index (χ4n) is 2.59. The fourth-order valence-corrected chi connectivity index (χ4v) is 3.65. The van der Waals surface area contributed by atoms with E-state index in [-0.39, 0.29) is 5.25 Å². The molecule has 20 heavy (non-hydrogen) atoms. The largest absolute Gasteiger partial charge is 0.340 e. The molecule has 2 unspecified atom stereocenters. The van der Waals surface area contributed by atoms with Gasteiger partial charge in [-0.3, -0.25) is 4.79 Å². The number of benzene rings is 1. The molecule has 1 N–H and O–H groups in total. The lowest BCUT2D eigenvalue weighted by Gasteiger charge is -2.34. The molecule has 4 heteroatoms. The molecular formula is C16H24N2OS. The third kappa shape index (κ3) is 4.00. The van der Waals surface area contributed by atoms with Crippen molar-refractivity contribution in [1.82, 2.24) is 10.2 Å². The van der Waals surface area contributed by atoms with Crippen LogP contribution in [0.2, 0.25) is 0 Å². The van der Waals surface area contributed by atoms with E-state index in [0.717, 1.165) is 25.9 Å². The van der Waals surface area contributed by atoms with Crippen LogP contribution in [0.25, 0.3) is 0 Å². The zero-order chi connectivity index (χ0) is 14.4. The normalized spacial score (nSPS) is 20.7. The van der Waals surface area contributed by atoms with E-state index in [1.54, 1.807) is 11.8 Å². The molecule has 1 amide bonds. The quantitative estimate of drug-likeness (QED) is 0.847. The van der Waals surface area contributed by atoms with Crippen molar-refractivity contribution in [3.63, 3.8) is 0 Å². The molecule has 1 saturated heterocycles. The van der Waals surface area contributed by atoms with Gasteiger partial charge in [-0.2, -0.15) is 0 Å². The van der Waals surface area contributed by atoms with E-state index >= 15 is 0 Å². The number of hydrogen-bond donors (Lipinski definition) is 1. The fraction of sp³-hybridized carbons (Fsp3) is 0.562. The molecule has 2 atom stereocenters. The van der Waals surface area contributed by atoms with Crippen molar-refractivity contribution in [1.29, 1.82) is 0 Å². The first-order valence-corrected chi connectivity index (χ1v) is 8.30. The van der Waals surface area contributed by atoms with Gasteiger partial charge in [0, 0.05) is 24.0 Å². The van der Waals surface area contributed by atoms with Gasteiger partial charge in [0.25, 0.3) is 0 Å². The smallest absolute Gasteiger partial charge is 0.236 e. The summed E-state index contributed by atoms with van der Waals surface area (Å²) in [6.07, 6.45) is 3.14. The highest BCUT2D eigenvalue weighted by Crippen LogP contribution is 2.27. The summed E-state index contributed by atoms with van der Waals surface area (Å²) in [5, 5.41) is 3.33. The van der Waals surface area contributed by atoms with Gasteiger partial charge in [-0.15, -0.1) is 11.8 Å². The Labute approximate surface area is 126 Å². The number of thioether (sulfide) groups is 1. The predicted molar refractivity (Wildman–Crippen MR) is 85.0 cm³/mol.